The molecule has 0 radical (unpaired) electrons. The van der Waals surface area contributed by atoms with E-state index in [1.807, 2.05) is 13.8 Å². The van der Waals surface area contributed by atoms with E-state index in [4.69, 9.17) is 16.3 Å². The van der Waals surface area contributed by atoms with E-state index in [0.717, 1.165) is 12.8 Å². The van der Waals surface area contributed by atoms with Crippen molar-refractivity contribution in [2.24, 2.45) is 0 Å². The van der Waals surface area contributed by atoms with Crippen molar-refractivity contribution in [3.63, 3.8) is 0 Å². The van der Waals surface area contributed by atoms with Gasteiger partial charge in [-0.15, -0.1) is 0 Å². The number of carbonyl (C=O) groups excluding carboxylic acids is 2. The van der Waals surface area contributed by atoms with E-state index < -0.39 is 4.92 Å². The summed E-state index contributed by atoms with van der Waals surface area (Å²) in [7, 11) is 0. The number of nitrogens with zero attached hydrogens (tertiary/aromatic N) is 2. The van der Waals surface area contributed by atoms with Crippen LogP contribution in [0.2, 0.25) is 0 Å². The predicted octanol–water partition coefficient (Wildman–Crippen LogP) is 5.07. The molecule has 1 aromatic carbocycles. The Morgan fingerprint density at radius 1 is 1.11 bits per heavy atom. The van der Waals surface area contributed by atoms with Gasteiger partial charge in [-0.3, -0.25) is 19.7 Å². The summed E-state index contributed by atoms with van der Waals surface area (Å²) in [5.74, 6) is 1.23. The molecule has 0 aliphatic rings. The first-order valence-electron chi connectivity index (χ1n) is 8.72. The Hall–Kier alpha value is -3.00. The fourth-order valence-corrected chi connectivity index (χ4v) is 2.13. The highest BCUT2D eigenvalue weighted by Gasteiger charge is 2.07. The third-order valence-corrected chi connectivity index (χ3v) is 3.39. The molecule has 0 unspecified atom stereocenters. The van der Waals surface area contributed by atoms with Crippen molar-refractivity contribution in [1.82, 2.24) is 4.98 Å². The van der Waals surface area contributed by atoms with Gasteiger partial charge in [0.05, 0.1) is 4.92 Å². The van der Waals surface area contributed by atoms with Crippen LogP contribution in [0.3, 0.4) is 0 Å². The van der Waals surface area contributed by atoms with Crippen LogP contribution >= 0.6 is 11.6 Å². The molecule has 8 nitrogen and oxygen atoms in total. The number of halogens is 1. The molecule has 1 heterocycles. The fraction of sp³-hybridized carbons (Fsp3) is 0.316. The lowest BCUT2D eigenvalue weighted by Crippen LogP contribution is -2.11. The molecule has 9 heteroatoms. The Labute approximate surface area is 168 Å². The maximum Gasteiger partial charge on any atom is 0.269 e. The number of nitro benzene ring substituents is 1. The molecule has 0 saturated carbocycles. The molecule has 0 aliphatic carbocycles. The molecule has 0 bridgehead atoms. The number of hydrogen-bond acceptors (Lipinski definition) is 6. The van der Waals surface area contributed by atoms with E-state index in [9.17, 15) is 19.7 Å². The van der Waals surface area contributed by atoms with Crippen LogP contribution in [-0.2, 0) is 9.59 Å². The van der Waals surface area contributed by atoms with Crippen molar-refractivity contribution >= 4 is 34.3 Å². The second-order valence-corrected chi connectivity index (χ2v) is 6.05. The minimum absolute atomic E-state index is 0.00500. The van der Waals surface area contributed by atoms with Crippen molar-refractivity contribution in [2.75, 3.05) is 5.32 Å². The van der Waals surface area contributed by atoms with E-state index in [0.29, 0.717) is 30.2 Å². The van der Waals surface area contributed by atoms with Crippen molar-refractivity contribution < 1.29 is 19.2 Å². The van der Waals surface area contributed by atoms with Crippen LogP contribution in [0.15, 0.2) is 42.6 Å². The Kier molecular flexibility index (Phi) is 10.2. The van der Waals surface area contributed by atoms with Gasteiger partial charge in [-0.1, -0.05) is 13.8 Å². The number of amides is 1. The molecule has 0 aliphatic heterocycles. The van der Waals surface area contributed by atoms with Gasteiger partial charge in [0.15, 0.2) is 0 Å². The molecule has 2 rings (SSSR count). The molecule has 0 spiro atoms. The first kappa shape index (κ1) is 23.0. The lowest BCUT2D eigenvalue weighted by Gasteiger charge is -2.08. The minimum atomic E-state index is -0.475. The van der Waals surface area contributed by atoms with Gasteiger partial charge in [-0.05, 0) is 42.6 Å². The lowest BCUT2D eigenvalue weighted by atomic mass is 10.3. The van der Waals surface area contributed by atoms with E-state index in [2.05, 4.69) is 10.3 Å². The minimum Gasteiger partial charge on any atom is -0.457 e. The largest absolute Gasteiger partial charge is 0.457 e. The average molecular weight is 408 g/mol. The zero-order valence-corrected chi connectivity index (χ0v) is 16.4. The van der Waals surface area contributed by atoms with Crippen LogP contribution in [0, 0.1) is 10.1 Å². The molecule has 1 aromatic heterocycles. The molecule has 0 fully saturated rings. The lowest BCUT2D eigenvalue weighted by molar-refractivity contribution is -0.384. The highest BCUT2D eigenvalue weighted by atomic mass is 35.5. The number of nitro groups is 1. The van der Waals surface area contributed by atoms with E-state index in [-0.39, 0.29) is 16.8 Å². The van der Waals surface area contributed by atoms with Crippen molar-refractivity contribution in [1.29, 1.82) is 0 Å². The third kappa shape index (κ3) is 9.09. The Bertz CT molecular complexity index is 796. The van der Waals surface area contributed by atoms with Crippen LogP contribution < -0.4 is 10.1 Å². The summed E-state index contributed by atoms with van der Waals surface area (Å²) in [6, 6.07) is 8.97. The van der Waals surface area contributed by atoms with Gasteiger partial charge in [-0.25, -0.2) is 4.98 Å². The Morgan fingerprint density at radius 3 is 2.25 bits per heavy atom. The molecule has 150 valence electrons. The van der Waals surface area contributed by atoms with Crippen LogP contribution in [0.5, 0.6) is 11.5 Å². The van der Waals surface area contributed by atoms with Crippen molar-refractivity contribution in [2.45, 2.75) is 39.5 Å². The molecule has 1 N–H and O–H groups in total. The molecule has 28 heavy (non-hydrogen) atoms. The molecular formula is C19H22ClN3O5. The number of pyridine rings is 1. The van der Waals surface area contributed by atoms with Gasteiger partial charge < -0.3 is 10.1 Å². The van der Waals surface area contributed by atoms with Gasteiger partial charge >= 0.3 is 0 Å². The number of ether oxygens (including phenoxy) is 1. The van der Waals surface area contributed by atoms with E-state index in [1.54, 1.807) is 12.1 Å². The van der Waals surface area contributed by atoms with Crippen LogP contribution in [0.4, 0.5) is 11.5 Å². The highest BCUT2D eigenvalue weighted by molar-refractivity contribution is 6.63. The highest BCUT2D eigenvalue weighted by Crippen LogP contribution is 2.24. The maximum absolute atomic E-state index is 11.5. The summed E-state index contributed by atoms with van der Waals surface area (Å²) in [5.41, 5.74) is -0.00500. The zero-order valence-electron chi connectivity index (χ0n) is 15.7. The summed E-state index contributed by atoms with van der Waals surface area (Å²) in [6.07, 6.45) is 4.05. The second kappa shape index (κ2) is 12.4. The van der Waals surface area contributed by atoms with Gasteiger partial charge in [0.25, 0.3) is 5.69 Å². The van der Waals surface area contributed by atoms with Crippen LogP contribution in [-0.4, -0.2) is 21.1 Å². The van der Waals surface area contributed by atoms with Gasteiger partial charge in [0, 0.05) is 37.2 Å². The fourth-order valence-electron chi connectivity index (χ4n) is 1.94. The van der Waals surface area contributed by atoms with Crippen LogP contribution in [0.25, 0.3) is 0 Å². The Balaban J connectivity index is 0.000000568. The molecule has 0 saturated heterocycles. The number of rotatable bonds is 8. The topological polar surface area (TPSA) is 111 Å². The molecule has 0 atom stereocenters. The number of anilines is 1. The zero-order chi connectivity index (χ0) is 20.9. The number of benzene rings is 1. The summed E-state index contributed by atoms with van der Waals surface area (Å²) in [5, 5.41) is 13.0. The van der Waals surface area contributed by atoms with Crippen LogP contribution in [0.1, 0.15) is 39.5 Å². The first-order chi connectivity index (χ1) is 13.3. The normalized spacial score (nSPS) is 9.68. The maximum atomic E-state index is 11.5. The number of hydrogen-bond donors (Lipinski definition) is 1. The molecule has 1 amide bonds. The third-order valence-electron chi connectivity index (χ3n) is 3.21. The number of nitrogens with one attached hydrogen (secondary N) is 1. The summed E-state index contributed by atoms with van der Waals surface area (Å²) >= 11 is 4.94. The molecular weight excluding hydrogens is 386 g/mol. The van der Waals surface area contributed by atoms with Crippen molar-refractivity contribution in [3.8, 4) is 11.5 Å². The van der Waals surface area contributed by atoms with E-state index in [1.165, 1.54) is 30.5 Å². The summed E-state index contributed by atoms with van der Waals surface area (Å²) < 4.78 is 5.58. The average Bonchev–Trinajstić information content (AvgIpc) is 2.63. The number of carbonyl (C=O) groups is 2. The van der Waals surface area contributed by atoms with Gasteiger partial charge in [0.1, 0.15) is 17.3 Å². The second-order valence-electron chi connectivity index (χ2n) is 5.63. The van der Waals surface area contributed by atoms with Gasteiger partial charge in [0.2, 0.25) is 11.1 Å². The monoisotopic (exact) mass is 407 g/mol. The summed E-state index contributed by atoms with van der Waals surface area (Å²) in [6.45, 7) is 3.83. The Morgan fingerprint density at radius 2 is 1.75 bits per heavy atom. The van der Waals surface area contributed by atoms with Gasteiger partial charge in [-0.2, -0.15) is 0 Å². The number of non-ortho nitro benzene ring substituents is 1. The molecule has 2 aromatic rings. The van der Waals surface area contributed by atoms with Crippen molar-refractivity contribution in [3.05, 3.63) is 52.7 Å². The van der Waals surface area contributed by atoms with E-state index >= 15 is 0 Å². The first-order valence-corrected chi connectivity index (χ1v) is 9.10. The summed E-state index contributed by atoms with van der Waals surface area (Å²) in [4.78, 5) is 35.5. The predicted molar refractivity (Wildman–Crippen MR) is 107 cm³/mol. The number of aromatic nitrogens is 1. The smallest absolute Gasteiger partial charge is 0.269 e. The SMILES string of the molecule is CCCC(=O)Cl.CCCC(=O)Nc1cc(Oc2ccc([N+](=O)[O-])cc2)ccn1. The standard InChI is InChI=1S/C15H15N3O4.C4H7ClO/c1-2-3-15(19)17-14-10-13(8-9-16-14)22-12-6-4-11(5-7-12)18(20)21;1-2-3-4(5)6/h4-10H,2-3H2,1H3,(H,16,17,19);2-3H2,1H3. The quantitative estimate of drug-likeness (QED) is 0.371.